The zero-order valence-electron chi connectivity index (χ0n) is 24.1. The van der Waals surface area contributed by atoms with Gasteiger partial charge in [0.05, 0.1) is 31.9 Å². The van der Waals surface area contributed by atoms with Crippen molar-refractivity contribution in [2.24, 2.45) is 0 Å². The fourth-order valence-corrected chi connectivity index (χ4v) is 5.47. The predicted octanol–water partition coefficient (Wildman–Crippen LogP) is 7.59. The molecule has 0 spiro atoms. The van der Waals surface area contributed by atoms with Crippen molar-refractivity contribution in [3.8, 4) is 0 Å². The minimum atomic E-state index is -0.869. The second-order valence-electron chi connectivity index (χ2n) is 11.5. The summed E-state index contributed by atoms with van der Waals surface area (Å²) in [6.07, 6.45) is 0.179. The van der Waals surface area contributed by atoms with Crippen molar-refractivity contribution >= 4 is 6.09 Å². The van der Waals surface area contributed by atoms with Gasteiger partial charge in [-0.15, -0.1) is 0 Å². The lowest BCUT2D eigenvalue weighted by Gasteiger charge is -2.38. The molecule has 0 radical (unpaired) electrons. The Balaban J connectivity index is 1.46. The molecule has 1 aliphatic rings. The highest BCUT2D eigenvalue weighted by molar-refractivity contribution is 5.69. The first-order valence-electron chi connectivity index (χ1n) is 14.3. The summed E-state index contributed by atoms with van der Waals surface area (Å²) in [6, 6.07) is 40.8. The summed E-state index contributed by atoms with van der Waals surface area (Å²) in [4.78, 5) is 15.2. The number of hydrogen-bond donors (Lipinski definition) is 0. The highest BCUT2D eigenvalue weighted by Gasteiger charge is 2.42. The van der Waals surface area contributed by atoms with Crippen LogP contribution < -0.4 is 0 Å². The van der Waals surface area contributed by atoms with E-state index in [1.165, 1.54) is 0 Å². The summed E-state index contributed by atoms with van der Waals surface area (Å²) in [5.74, 6) is 0. The summed E-state index contributed by atoms with van der Waals surface area (Å²) >= 11 is 0. The van der Waals surface area contributed by atoms with E-state index in [-0.39, 0.29) is 18.2 Å². The Hall–Kier alpha value is -3.93. The van der Waals surface area contributed by atoms with E-state index in [1.807, 2.05) is 93.6 Å². The topological polar surface area (TPSA) is 48.0 Å². The molecule has 212 valence electrons. The van der Waals surface area contributed by atoms with Crippen LogP contribution in [0.2, 0.25) is 0 Å². The van der Waals surface area contributed by atoms with Crippen molar-refractivity contribution in [2.75, 3.05) is 13.2 Å². The van der Waals surface area contributed by atoms with Crippen LogP contribution in [0.3, 0.4) is 0 Å². The maximum atomic E-state index is 13.4. The summed E-state index contributed by atoms with van der Waals surface area (Å²) < 4.78 is 19.2. The van der Waals surface area contributed by atoms with E-state index in [9.17, 15) is 4.79 Å². The molecule has 0 aliphatic carbocycles. The highest BCUT2D eigenvalue weighted by atomic mass is 16.6. The molecule has 4 aromatic rings. The molecule has 5 rings (SSSR count). The van der Waals surface area contributed by atoms with Gasteiger partial charge in [0.15, 0.2) is 0 Å². The third-order valence-electron chi connectivity index (χ3n) is 7.37. The van der Waals surface area contributed by atoms with Crippen LogP contribution in [-0.4, -0.2) is 41.9 Å². The fourth-order valence-electron chi connectivity index (χ4n) is 5.47. The van der Waals surface area contributed by atoms with E-state index >= 15 is 0 Å². The van der Waals surface area contributed by atoms with Crippen LogP contribution in [0, 0.1) is 0 Å². The Labute approximate surface area is 243 Å². The van der Waals surface area contributed by atoms with Crippen LogP contribution in [0.5, 0.6) is 0 Å². The van der Waals surface area contributed by atoms with Crippen LogP contribution in [0.15, 0.2) is 121 Å². The maximum Gasteiger partial charge on any atom is 0.410 e. The standard InChI is InChI=1S/C36H39NO4/c1-35(2,3)41-34(38)37-25-33(39-26-28-16-8-4-9-17-28)24-32(37)27-40-36(29-18-10-5-11-19-29,30-20-12-6-13-21-30)31-22-14-7-15-23-31/h4-23,32-33H,24-27H2,1-3H3/t32-,33+/m0/s1. The Bertz CT molecular complexity index is 1270. The lowest BCUT2D eigenvalue weighted by molar-refractivity contribution is -0.0251. The smallest absolute Gasteiger partial charge is 0.410 e. The number of carbonyl (C=O) groups excluding carboxylic acids is 1. The van der Waals surface area contributed by atoms with Gasteiger partial charge in [0.25, 0.3) is 0 Å². The molecule has 41 heavy (non-hydrogen) atoms. The van der Waals surface area contributed by atoms with Gasteiger partial charge in [-0.3, -0.25) is 0 Å². The normalized spacial score (nSPS) is 17.4. The molecule has 2 atom stereocenters. The average molecular weight is 550 g/mol. The van der Waals surface area contributed by atoms with Crippen LogP contribution in [0.4, 0.5) is 4.79 Å². The number of hydrogen-bond acceptors (Lipinski definition) is 4. The highest BCUT2D eigenvalue weighted by Crippen LogP contribution is 2.41. The number of amides is 1. The summed E-state index contributed by atoms with van der Waals surface area (Å²) in [5.41, 5.74) is 2.70. The molecule has 0 saturated carbocycles. The van der Waals surface area contributed by atoms with Crippen LogP contribution in [0.25, 0.3) is 0 Å². The summed E-state index contributed by atoms with van der Waals surface area (Å²) in [5, 5.41) is 0. The average Bonchev–Trinajstić information content (AvgIpc) is 3.41. The zero-order valence-corrected chi connectivity index (χ0v) is 24.1. The third kappa shape index (κ3) is 6.87. The molecule has 1 heterocycles. The Kier molecular flexibility index (Phi) is 8.87. The Morgan fingerprint density at radius 2 is 1.20 bits per heavy atom. The van der Waals surface area contributed by atoms with Crippen molar-refractivity contribution in [1.29, 1.82) is 0 Å². The second kappa shape index (κ2) is 12.7. The van der Waals surface area contributed by atoms with E-state index in [4.69, 9.17) is 14.2 Å². The molecule has 1 fully saturated rings. The van der Waals surface area contributed by atoms with Gasteiger partial charge in [0.2, 0.25) is 0 Å². The first kappa shape index (κ1) is 28.6. The van der Waals surface area contributed by atoms with Crippen molar-refractivity contribution in [2.45, 2.75) is 57.1 Å². The number of rotatable bonds is 9. The van der Waals surface area contributed by atoms with Crippen LogP contribution in [-0.2, 0) is 26.4 Å². The second-order valence-corrected chi connectivity index (χ2v) is 11.5. The molecule has 1 aliphatic heterocycles. The fraction of sp³-hybridized carbons (Fsp3) is 0.306. The molecule has 1 saturated heterocycles. The lowest BCUT2D eigenvalue weighted by atomic mass is 9.80. The minimum absolute atomic E-state index is 0.129. The molecule has 0 bridgehead atoms. The predicted molar refractivity (Wildman–Crippen MR) is 162 cm³/mol. The third-order valence-corrected chi connectivity index (χ3v) is 7.37. The summed E-state index contributed by atoms with van der Waals surface area (Å²) in [7, 11) is 0. The quantitative estimate of drug-likeness (QED) is 0.202. The van der Waals surface area contributed by atoms with Crippen molar-refractivity contribution in [3.05, 3.63) is 144 Å². The number of ether oxygens (including phenoxy) is 3. The van der Waals surface area contributed by atoms with E-state index in [1.54, 1.807) is 4.90 Å². The number of benzene rings is 4. The number of likely N-dealkylation sites (tertiary alicyclic amines) is 1. The molecule has 5 heteroatoms. The molecule has 4 aromatic carbocycles. The zero-order chi connectivity index (χ0) is 28.7. The summed E-state index contributed by atoms with van der Waals surface area (Å²) in [6.45, 7) is 6.92. The monoisotopic (exact) mass is 549 g/mol. The van der Waals surface area contributed by atoms with Gasteiger partial charge in [0.1, 0.15) is 11.2 Å². The molecule has 0 aromatic heterocycles. The van der Waals surface area contributed by atoms with Gasteiger partial charge >= 0.3 is 6.09 Å². The Morgan fingerprint density at radius 1 is 0.732 bits per heavy atom. The molecule has 0 N–H and O–H groups in total. The van der Waals surface area contributed by atoms with Gasteiger partial charge in [-0.05, 0) is 49.4 Å². The SMILES string of the molecule is CC(C)(C)OC(=O)N1C[C@H](OCc2ccccc2)C[C@H]1COC(c1ccccc1)(c1ccccc1)c1ccccc1. The minimum Gasteiger partial charge on any atom is -0.444 e. The first-order valence-corrected chi connectivity index (χ1v) is 14.3. The molecular weight excluding hydrogens is 510 g/mol. The Morgan fingerprint density at radius 3 is 1.66 bits per heavy atom. The van der Waals surface area contributed by atoms with E-state index in [2.05, 4.69) is 48.5 Å². The largest absolute Gasteiger partial charge is 0.444 e. The molecule has 5 nitrogen and oxygen atoms in total. The maximum absolute atomic E-state index is 13.4. The van der Waals surface area contributed by atoms with Crippen molar-refractivity contribution in [1.82, 2.24) is 4.90 Å². The van der Waals surface area contributed by atoms with E-state index < -0.39 is 11.2 Å². The molecule has 0 unspecified atom stereocenters. The van der Waals surface area contributed by atoms with Crippen molar-refractivity contribution < 1.29 is 19.0 Å². The molecular formula is C36H39NO4. The number of carbonyl (C=O) groups is 1. The van der Waals surface area contributed by atoms with Gasteiger partial charge in [0, 0.05) is 0 Å². The van der Waals surface area contributed by atoms with E-state index in [0.717, 1.165) is 22.3 Å². The van der Waals surface area contributed by atoms with Gasteiger partial charge < -0.3 is 19.1 Å². The van der Waals surface area contributed by atoms with Crippen molar-refractivity contribution in [3.63, 3.8) is 0 Å². The molecule has 1 amide bonds. The van der Waals surface area contributed by atoms with Gasteiger partial charge in [-0.1, -0.05) is 121 Å². The van der Waals surface area contributed by atoms with Gasteiger partial charge in [-0.2, -0.15) is 0 Å². The van der Waals surface area contributed by atoms with Crippen LogP contribution in [0.1, 0.15) is 49.4 Å². The number of nitrogens with zero attached hydrogens (tertiary/aromatic N) is 1. The lowest BCUT2D eigenvalue weighted by Crippen LogP contribution is -2.44. The van der Waals surface area contributed by atoms with E-state index in [0.29, 0.717) is 26.2 Å². The van der Waals surface area contributed by atoms with Gasteiger partial charge in [-0.25, -0.2) is 4.79 Å². The first-order chi connectivity index (χ1) is 19.8. The van der Waals surface area contributed by atoms with Crippen LogP contribution >= 0.6 is 0 Å².